The van der Waals surface area contributed by atoms with E-state index in [-0.39, 0.29) is 4.88 Å². The maximum atomic E-state index is 12.4. The third kappa shape index (κ3) is 5.52. The molecule has 1 N–H and O–H groups in total. The maximum Gasteiger partial charge on any atom is 0.455 e. The van der Waals surface area contributed by atoms with Crippen molar-refractivity contribution in [2.75, 3.05) is 6.54 Å². The fourth-order valence-electron chi connectivity index (χ4n) is 2.16. The largest absolute Gasteiger partial charge is 0.542 e. The second-order valence-electron chi connectivity index (χ2n) is 5.50. The van der Waals surface area contributed by atoms with E-state index < -0.39 is 34.9 Å². The summed E-state index contributed by atoms with van der Waals surface area (Å²) in [6, 6.07) is 2.29. The zero-order chi connectivity index (χ0) is 22.0. The zero-order valence-electron chi connectivity index (χ0n) is 14.0. The van der Waals surface area contributed by atoms with Gasteiger partial charge in [-0.05, 0) is 12.1 Å². The molecule has 0 saturated heterocycles. The van der Waals surface area contributed by atoms with E-state index in [0.29, 0.717) is 31.0 Å². The molecule has 8 nitrogen and oxygen atoms in total. The molecule has 3 rings (SSSR count). The van der Waals surface area contributed by atoms with E-state index in [4.69, 9.17) is 9.90 Å². The highest BCUT2D eigenvalue weighted by Gasteiger charge is 2.40. The lowest BCUT2D eigenvalue weighted by atomic mass is 10.3. The number of thiophene rings is 1. The van der Waals surface area contributed by atoms with Gasteiger partial charge in [0.2, 0.25) is 0 Å². The fourth-order valence-corrected chi connectivity index (χ4v) is 3.09. The van der Waals surface area contributed by atoms with Crippen LogP contribution < -0.4 is 9.67 Å². The quantitative estimate of drug-likeness (QED) is 0.411. The Balaban J connectivity index is 0.000000370. The lowest BCUT2D eigenvalue weighted by Gasteiger charge is -2.23. The minimum Gasteiger partial charge on any atom is -0.542 e. The van der Waals surface area contributed by atoms with Crippen molar-refractivity contribution in [3.05, 3.63) is 34.0 Å². The van der Waals surface area contributed by atoms with Gasteiger partial charge in [0.15, 0.2) is 0 Å². The van der Waals surface area contributed by atoms with Crippen molar-refractivity contribution in [2.24, 2.45) is 0 Å². The first-order valence-electron chi connectivity index (χ1n) is 7.51. The number of H-pyrrole nitrogens is 1. The van der Waals surface area contributed by atoms with Crippen molar-refractivity contribution in [1.29, 1.82) is 0 Å². The molecule has 15 heteroatoms. The van der Waals surface area contributed by atoms with Gasteiger partial charge < -0.3 is 14.8 Å². The highest BCUT2D eigenvalue weighted by atomic mass is 32.1. The molecule has 0 bridgehead atoms. The monoisotopic (exact) mass is 444 g/mol. The Morgan fingerprint density at radius 3 is 2.24 bits per heavy atom. The van der Waals surface area contributed by atoms with Crippen LogP contribution in [-0.2, 0) is 17.9 Å². The predicted molar refractivity (Wildman–Crippen MR) is 79.3 cm³/mol. The van der Waals surface area contributed by atoms with E-state index in [1.54, 1.807) is 6.33 Å². The van der Waals surface area contributed by atoms with E-state index >= 15 is 0 Å². The number of hydrogen-bond donors (Lipinski definition) is 1. The van der Waals surface area contributed by atoms with Gasteiger partial charge in [-0.3, -0.25) is 9.59 Å². The van der Waals surface area contributed by atoms with Crippen LogP contribution in [0.5, 0.6) is 0 Å². The van der Waals surface area contributed by atoms with Crippen molar-refractivity contribution in [3.8, 4) is 0 Å². The number of carbonyl (C=O) groups is 3. The van der Waals surface area contributed by atoms with Crippen molar-refractivity contribution in [1.82, 2.24) is 15.1 Å². The number of hydrogen-bond acceptors (Lipinski definition) is 6. The van der Waals surface area contributed by atoms with Crippen LogP contribution in [0.1, 0.15) is 25.2 Å². The maximum absolute atomic E-state index is 12.4. The molecule has 0 saturated carbocycles. The van der Waals surface area contributed by atoms with Crippen LogP contribution >= 0.6 is 11.3 Å². The SMILES string of the molecule is O=C([O-])C(F)(F)F.O=C(c1ccc(C(=O)C(F)(F)F)s1)N1CC[n+]2cn[nH]c2C1. The van der Waals surface area contributed by atoms with Crippen molar-refractivity contribution < 1.29 is 50.4 Å². The summed E-state index contributed by atoms with van der Waals surface area (Å²) in [6.45, 7) is 1.27. The molecule has 2 aromatic heterocycles. The number of aliphatic carboxylic acids is 1. The summed E-state index contributed by atoms with van der Waals surface area (Å²) < 4.78 is 70.5. The Bertz CT molecular complexity index is 920. The number of rotatable bonds is 2. The average molecular weight is 444 g/mol. The Hall–Kier alpha value is -2.97. The molecule has 0 aliphatic carbocycles. The summed E-state index contributed by atoms with van der Waals surface area (Å²) in [5, 5.41) is 15.4. The number of fused-ring (bicyclic) bond motifs is 1. The molecular weight excluding hydrogens is 434 g/mol. The van der Waals surface area contributed by atoms with E-state index in [2.05, 4.69) is 10.2 Å². The summed E-state index contributed by atoms with van der Waals surface area (Å²) >= 11 is 0.560. The summed E-state index contributed by atoms with van der Waals surface area (Å²) in [7, 11) is 0. The standard InChI is InChI=1S/C12H9F3N4O2S.C2HF3O2/c13-12(14,15)10(20)7-1-2-8(22-7)11(21)18-3-4-19-6-16-17-9(19)5-18;3-2(4,5)1(6)7/h1-2,6H,3-5H2;(H,6,7). The molecule has 0 unspecified atom stereocenters. The summed E-state index contributed by atoms with van der Waals surface area (Å²) in [5.74, 6) is -4.59. The van der Waals surface area contributed by atoms with E-state index in [1.807, 2.05) is 4.57 Å². The minimum atomic E-state index is -5.19. The number of aromatic nitrogens is 3. The Morgan fingerprint density at radius 2 is 1.69 bits per heavy atom. The second-order valence-corrected chi connectivity index (χ2v) is 6.58. The Morgan fingerprint density at radius 1 is 1.10 bits per heavy atom. The first kappa shape index (κ1) is 22.3. The molecule has 1 aliphatic rings. The van der Waals surface area contributed by atoms with Crippen LogP contribution in [0.4, 0.5) is 26.3 Å². The zero-order valence-corrected chi connectivity index (χ0v) is 14.8. The highest BCUT2D eigenvalue weighted by molar-refractivity contribution is 7.16. The number of amides is 1. The first-order chi connectivity index (χ1) is 13.3. The number of carboxylic acid groups (broad SMARTS) is 1. The van der Waals surface area contributed by atoms with Gasteiger partial charge in [-0.25, -0.2) is 4.57 Å². The summed E-state index contributed by atoms with van der Waals surface area (Å²) in [5.41, 5.74) is 0. The number of halogens is 6. The molecule has 0 aromatic carbocycles. The number of Topliss-reactive ketones (excluding diaryl/α,β-unsaturated/α-hetero) is 1. The molecule has 158 valence electrons. The van der Waals surface area contributed by atoms with E-state index in [0.717, 1.165) is 11.9 Å². The van der Waals surface area contributed by atoms with Gasteiger partial charge >= 0.3 is 12.4 Å². The second kappa shape index (κ2) is 8.18. The van der Waals surface area contributed by atoms with Crippen molar-refractivity contribution >= 4 is 29.0 Å². The molecule has 0 radical (unpaired) electrons. The van der Waals surface area contributed by atoms with Crippen LogP contribution in [0.15, 0.2) is 18.5 Å². The van der Waals surface area contributed by atoms with Gasteiger partial charge in [0.05, 0.1) is 22.8 Å². The summed E-state index contributed by atoms with van der Waals surface area (Å²) in [4.78, 5) is 33.4. The number of ketones is 1. The smallest absolute Gasteiger partial charge is 0.455 e. The lowest BCUT2D eigenvalue weighted by molar-refractivity contribution is -0.710. The Labute approximate surface area is 161 Å². The van der Waals surface area contributed by atoms with Crippen molar-refractivity contribution in [2.45, 2.75) is 25.4 Å². The molecule has 3 heterocycles. The van der Waals surface area contributed by atoms with Gasteiger partial charge in [-0.15, -0.1) is 16.4 Å². The number of nitrogens with one attached hydrogen (secondary N) is 1. The van der Waals surface area contributed by atoms with Crippen LogP contribution in [-0.4, -0.2) is 51.7 Å². The van der Waals surface area contributed by atoms with Crippen LogP contribution in [0, 0.1) is 0 Å². The van der Waals surface area contributed by atoms with Gasteiger partial charge in [0.1, 0.15) is 12.5 Å². The summed E-state index contributed by atoms with van der Waals surface area (Å²) in [6.07, 6.45) is -8.51. The number of carbonyl (C=O) groups excluding carboxylic acids is 3. The topological polar surface area (TPSA) is 110 Å². The predicted octanol–water partition coefficient (Wildman–Crippen LogP) is 0.458. The average Bonchev–Trinajstić information content (AvgIpc) is 3.28. The normalized spacial score (nSPS) is 13.9. The number of aromatic amines is 1. The van der Waals surface area contributed by atoms with Crippen molar-refractivity contribution in [3.63, 3.8) is 0 Å². The molecule has 1 amide bonds. The first-order valence-corrected chi connectivity index (χ1v) is 8.33. The third-order valence-corrected chi connectivity index (χ3v) is 4.58. The Kier molecular flexibility index (Phi) is 6.30. The highest BCUT2D eigenvalue weighted by Crippen LogP contribution is 2.27. The lowest BCUT2D eigenvalue weighted by Crippen LogP contribution is -2.50. The van der Waals surface area contributed by atoms with Gasteiger partial charge in [0, 0.05) is 5.10 Å². The van der Waals surface area contributed by atoms with Gasteiger partial charge in [-0.1, -0.05) is 0 Å². The number of nitrogens with zero attached hydrogens (tertiary/aromatic N) is 3. The van der Waals surface area contributed by atoms with Gasteiger partial charge in [-0.2, -0.15) is 26.3 Å². The minimum absolute atomic E-state index is 0.112. The van der Waals surface area contributed by atoms with Crippen LogP contribution in [0.25, 0.3) is 0 Å². The molecular formula is C14H10F6N4O4S. The molecule has 2 aromatic rings. The van der Waals surface area contributed by atoms with Crippen LogP contribution in [0.2, 0.25) is 0 Å². The molecule has 0 atom stereocenters. The molecule has 0 fully saturated rings. The fraction of sp³-hybridized carbons (Fsp3) is 0.357. The van der Waals surface area contributed by atoms with Crippen LogP contribution in [0.3, 0.4) is 0 Å². The molecule has 0 spiro atoms. The molecule has 1 aliphatic heterocycles. The van der Waals surface area contributed by atoms with E-state index in [9.17, 15) is 35.9 Å². The van der Waals surface area contributed by atoms with E-state index in [1.165, 1.54) is 11.0 Å². The van der Waals surface area contributed by atoms with Gasteiger partial charge in [0.25, 0.3) is 23.8 Å². The number of carboxylic acids is 1. The number of alkyl halides is 6. The third-order valence-electron chi connectivity index (χ3n) is 3.51. The molecule has 29 heavy (non-hydrogen) atoms.